The fraction of sp³-hybridized carbons (Fsp3) is 0.448. The summed E-state index contributed by atoms with van der Waals surface area (Å²) in [4.78, 5) is 30.8. The van der Waals surface area contributed by atoms with E-state index in [2.05, 4.69) is 39.6 Å². The molecule has 0 spiro atoms. The fourth-order valence-corrected chi connectivity index (χ4v) is 5.29. The molecule has 0 bridgehead atoms. The number of amidine groups is 1. The molecule has 1 amide bonds. The van der Waals surface area contributed by atoms with Crippen molar-refractivity contribution in [2.45, 2.75) is 33.7 Å². The Morgan fingerprint density at radius 2 is 2.05 bits per heavy atom. The van der Waals surface area contributed by atoms with Gasteiger partial charge in [0.25, 0.3) is 5.91 Å². The van der Waals surface area contributed by atoms with E-state index in [1.807, 2.05) is 64.5 Å². The smallest absolute Gasteiger partial charge is 0.253 e. The summed E-state index contributed by atoms with van der Waals surface area (Å²) >= 11 is 0. The van der Waals surface area contributed by atoms with Gasteiger partial charge in [0.2, 0.25) is 5.96 Å². The molecular formula is C29H39N7O2. The summed E-state index contributed by atoms with van der Waals surface area (Å²) < 4.78 is 5.63. The Kier molecular flexibility index (Phi) is 8.58. The quantitative estimate of drug-likeness (QED) is 0.601. The number of ether oxygens (including phenoxy) is 1. The summed E-state index contributed by atoms with van der Waals surface area (Å²) in [6.07, 6.45) is 10.5. The molecule has 2 N–H and O–H groups in total. The third-order valence-corrected chi connectivity index (χ3v) is 7.06. The average molecular weight is 518 g/mol. The number of hydrogen-bond donors (Lipinski definition) is 2. The zero-order valence-corrected chi connectivity index (χ0v) is 23.3. The van der Waals surface area contributed by atoms with Gasteiger partial charge in [-0.1, -0.05) is 39.0 Å². The highest BCUT2D eigenvalue weighted by Gasteiger charge is 2.48. The number of amides is 1. The number of allylic oxidation sites excluding steroid dienone is 2. The van der Waals surface area contributed by atoms with Crippen LogP contribution in [0, 0.1) is 11.3 Å². The van der Waals surface area contributed by atoms with Crippen molar-refractivity contribution in [1.29, 1.82) is 0 Å². The van der Waals surface area contributed by atoms with Gasteiger partial charge in [0.05, 0.1) is 12.3 Å². The zero-order chi connectivity index (χ0) is 27.3. The zero-order valence-electron chi connectivity index (χ0n) is 23.3. The first-order valence-corrected chi connectivity index (χ1v) is 13.2. The predicted octanol–water partition coefficient (Wildman–Crippen LogP) is 3.40. The summed E-state index contributed by atoms with van der Waals surface area (Å²) in [5.74, 6) is 2.34. The molecule has 202 valence electrons. The van der Waals surface area contributed by atoms with Crippen LogP contribution in [0.25, 0.3) is 0 Å². The fourth-order valence-electron chi connectivity index (χ4n) is 5.29. The first-order chi connectivity index (χ1) is 18.4. The van der Waals surface area contributed by atoms with Crippen LogP contribution in [-0.2, 0) is 16.1 Å². The Hall–Kier alpha value is -3.56. The van der Waals surface area contributed by atoms with Crippen LogP contribution in [0.5, 0.6) is 0 Å². The highest BCUT2D eigenvalue weighted by molar-refractivity contribution is 6.09. The summed E-state index contributed by atoms with van der Waals surface area (Å²) in [7, 11) is 5.49. The molecule has 0 saturated carbocycles. The summed E-state index contributed by atoms with van der Waals surface area (Å²) in [6.45, 7) is 8.89. The van der Waals surface area contributed by atoms with Crippen molar-refractivity contribution >= 4 is 23.5 Å². The van der Waals surface area contributed by atoms with Crippen molar-refractivity contribution in [3.05, 3.63) is 71.2 Å². The van der Waals surface area contributed by atoms with Gasteiger partial charge in [-0.25, -0.2) is 9.98 Å². The number of guanidine groups is 1. The van der Waals surface area contributed by atoms with Crippen LogP contribution in [0.4, 0.5) is 5.82 Å². The maximum atomic E-state index is 12.4. The SMILES string of the molecule is CC.CNCc1cccc(N2C[C@@](C)(COC)C3C=CN=C(NC4=CCC5=C(C=C4)C(=O)N(C)C5)N=C32)n1. The third-order valence-electron chi connectivity index (χ3n) is 7.06. The van der Waals surface area contributed by atoms with Crippen LogP contribution in [0.1, 0.15) is 32.9 Å². The van der Waals surface area contributed by atoms with Crippen molar-refractivity contribution in [3.8, 4) is 0 Å². The van der Waals surface area contributed by atoms with Crippen LogP contribution in [0.2, 0.25) is 0 Å². The van der Waals surface area contributed by atoms with Crippen LogP contribution in [0.3, 0.4) is 0 Å². The predicted molar refractivity (Wildman–Crippen MR) is 153 cm³/mol. The molecule has 1 aromatic rings. The van der Waals surface area contributed by atoms with E-state index in [1.54, 1.807) is 12.0 Å². The van der Waals surface area contributed by atoms with Crippen molar-refractivity contribution in [2.75, 3.05) is 45.8 Å². The highest BCUT2D eigenvalue weighted by atomic mass is 16.5. The number of fused-ring (bicyclic) bond motifs is 1. The molecule has 5 rings (SSSR count). The number of carbonyl (C=O) groups excluding carboxylic acids is 1. The number of rotatable bonds is 6. The van der Waals surface area contributed by atoms with Crippen molar-refractivity contribution in [2.24, 2.45) is 21.3 Å². The number of likely N-dealkylation sites (N-methyl/N-ethyl adjacent to an activating group) is 1. The topological polar surface area (TPSA) is 94.5 Å². The van der Waals surface area contributed by atoms with Gasteiger partial charge in [-0.05, 0) is 43.3 Å². The lowest BCUT2D eigenvalue weighted by atomic mass is 9.80. The Bertz CT molecular complexity index is 1240. The molecule has 1 saturated heterocycles. The number of hydrogen-bond acceptors (Lipinski definition) is 8. The molecule has 9 heteroatoms. The lowest BCUT2D eigenvalue weighted by molar-refractivity contribution is -0.124. The van der Waals surface area contributed by atoms with Crippen LogP contribution in [0.15, 0.2) is 75.5 Å². The van der Waals surface area contributed by atoms with E-state index in [0.29, 0.717) is 32.1 Å². The molecule has 2 atom stereocenters. The van der Waals surface area contributed by atoms with E-state index in [0.717, 1.165) is 40.7 Å². The molecule has 4 aliphatic rings. The summed E-state index contributed by atoms with van der Waals surface area (Å²) in [5.41, 5.74) is 3.57. The minimum atomic E-state index is -0.186. The molecule has 9 nitrogen and oxygen atoms in total. The van der Waals surface area contributed by atoms with Gasteiger partial charge >= 0.3 is 0 Å². The number of aromatic nitrogens is 1. The van der Waals surface area contributed by atoms with Crippen molar-refractivity contribution in [1.82, 2.24) is 20.5 Å². The van der Waals surface area contributed by atoms with Crippen molar-refractivity contribution in [3.63, 3.8) is 0 Å². The summed E-state index contributed by atoms with van der Waals surface area (Å²) in [5, 5.41) is 6.55. The van der Waals surface area contributed by atoms with Crippen molar-refractivity contribution < 1.29 is 9.53 Å². The maximum absolute atomic E-state index is 12.4. The molecule has 1 aromatic heterocycles. The minimum absolute atomic E-state index is 0.0209. The molecule has 3 aliphatic heterocycles. The number of pyridine rings is 1. The van der Waals surface area contributed by atoms with Crippen LogP contribution >= 0.6 is 0 Å². The Morgan fingerprint density at radius 3 is 2.82 bits per heavy atom. The molecule has 1 unspecified atom stereocenters. The largest absolute Gasteiger partial charge is 0.384 e. The second kappa shape index (κ2) is 11.9. The molecule has 0 radical (unpaired) electrons. The summed E-state index contributed by atoms with van der Waals surface area (Å²) in [6, 6.07) is 6.07. The molecule has 4 heterocycles. The van der Waals surface area contributed by atoms with E-state index in [1.165, 1.54) is 0 Å². The van der Waals surface area contributed by atoms with Gasteiger partial charge in [-0.2, -0.15) is 4.99 Å². The van der Waals surface area contributed by atoms with E-state index in [-0.39, 0.29) is 17.2 Å². The number of aliphatic imine (C=N–C) groups is 2. The van der Waals surface area contributed by atoms with E-state index < -0.39 is 0 Å². The van der Waals surface area contributed by atoms with E-state index in [9.17, 15) is 4.79 Å². The van der Waals surface area contributed by atoms with Crippen LogP contribution in [-0.4, -0.2) is 68.5 Å². The Labute approximate surface area is 225 Å². The molecular weight excluding hydrogens is 478 g/mol. The van der Waals surface area contributed by atoms with Gasteiger partial charge in [0.15, 0.2) is 0 Å². The monoisotopic (exact) mass is 517 g/mol. The number of carbonyl (C=O) groups is 1. The van der Waals surface area contributed by atoms with Gasteiger partial charge < -0.3 is 25.2 Å². The number of nitrogens with one attached hydrogen (secondary N) is 2. The molecule has 1 fully saturated rings. The van der Waals surface area contributed by atoms with E-state index in [4.69, 9.17) is 14.7 Å². The molecule has 38 heavy (non-hydrogen) atoms. The normalized spacial score (nSPS) is 24.1. The number of methoxy groups -OCH3 is 1. The number of anilines is 1. The van der Waals surface area contributed by atoms with Gasteiger partial charge in [0.1, 0.15) is 11.7 Å². The lowest BCUT2D eigenvalue weighted by Crippen LogP contribution is -2.31. The first-order valence-electron chi connectivity index (χ1n) is 13.2. The second-order valence-electron chi connectivity index (χ2n) is 9.93. The standard InChI is InChI=1S/C27H33N7O2.C2H6/c1-27(17-36-4)16-34(23-7-5-6-20(30-23)14-28-2)24-22(27)12-13-29-26(32-24)31-19-9-8-18-15-33(3)25(35)21(18)11-10-19;1-2/h5-7,9-13,22,28H,8,14-17H2,1-4H3,(H,29,31);1-2H3/t22?,27-;/m0./s1. The second-order valence-corrected chi connectivity index (χ2v) is 9.93. The average Bonchev–Trinajstić information content (AvgIpc) is 3.13. The van der Waals surface area contributed by atoms with E-state index >= 15 is 0 Å². The minimum Gasteiger partial charge on any atom is -0.384 e. The molecule has 0 aromatic carbocycles. The molecule has 1 aliphatic carbocycles. The lowest BCUT2D eigenvalue weighted by Gasteiger charge is -2.26. The highest BCUT2D eigenvalue weighted by Crippen LogP contribution is 2.41. The van der Waals surface area contributed by atoms with Crippen LogP contribution < -0.4 is 15.5 Å². The first kappa shape index (κ1) is 27.5. The Balaban J connectivity index is 0.00000164. The van der Waals surface area contributed by atoms with Gasteiger partial charge in [-0.3, -0.25) is 4.79 Å². The van der Waals surface area contributed by atoms with Gasteiger partial charge in [0, 0.05) is 62.6 Å². The number of nitrogens with zero attached hydrogens (tertiary/aromatic N) is 5. The third kappa shape index (κ3) is 5.49. The van der Waals surface area contributed by atoms with Gasteiger partial charge in [-0.15, -0.1) is 0 Å². The Morgan fingerprint density at radius 1 is 1.24 bits per heavy atom. The maximum Gasteiger partial charge on any atom is 0.253 e.